The number of carbonyl (C=O) groups excluding carboxylic acids is 1. The number of amides is 1. The smallest absolute Gasteiger partial charge is 0.239 e. The van der Waals surface area contributed by atoms with Gasteiger partial charge in [-0.3, -0.25) is 9.79 Å². The molecule has 6 nitrogen and oxygen atoms in total. The second kappa shape index (κ2) is 9.51. The van der Waals surface area contributed by atoms with E-state index in [0.29, 0.717) is 12.5 Å². The Balaban J connectivity index is 0.00000288. The van der Waals surface area contributed by atoms with Gasteiger partial charge in [0, 0.05) is 24.0 Å². The Hall–Kier alpha value is -1.77. The number of furan rings is 1. The molecule has 0 saturated carbocycles. The summed E-state index contributed by atoms with van der Waals surface area (Å²) < 4.78 is 5.85. The molecular formula is C17H25IN4O2. The highest BCUT2D eigenvalue weighted by atomic mass is 127. The van der Waals surface area contributed by atoms with E-state index >= 15 is 0 Å². The predicted molar refractivity (Wildman–Crippen MR) is 108 cm³/mol. The van der Waals surface area contributed by atoms with Gasteiger partial charge < -0.3 is 20.4 Å². The molecule has 0 saturated heterocycles. The van der Waals surface area contributed by atoms with Crippen molar-refractivity contribution in [1.82, 2.24) is 16.0 Å². The number of carbonyl (C=O) groups is 1. The molecule has 0 atom stereocenters. The van der Waals surface area contributed by atoms with Gasteiger partial charge in [-0.15, -0.1) is 24.0 Å². The minimum atomic E-state index is -0.0668. The van der Waals surface area contributed by atoms with E-state index in [4.69, 9.17) is 4.42 Å². The number of nitrogens with one attached hydrogen (secondary N) is 3. The summed E-state index contributed by atoms with van der Waals surface area (Å²) in [6.07, 6.45) is 0. The molecule has 0 spiro atoms. The Kier molecular flexibility index (Phi) is 8.03. The summed E-state index contributed by atoms with van der Waals surface area (Å²) in [5.74, 6) is 1.35. The maximum absolute atomic E-state index is 11.6. The quantitative estimate of drug-likeness (QED) is 0.377. The van der Waals surface area contributed by atoms with Crippen molar-refractivity contribution in [2.24, 2.45) is 4.99 Å². The second-order valence-electron chi connectivity index (χ2n) is 5.65. The van der Waals surface area contributed by atoms with Crippen LogP contribution in [0.25, 0.3) is 11.0 Å². The first kappa shape index (κ1) is 20.3. The molecule has 3 N–H and O–H groups in total. The van der Waals surface area contributed by atoms with E-state index in [0.717, 1.165) is 22.3 Å². The van der Waals surface area contributed by atoms with Crippen molar-refractivity contribution in [3.8, 4) is 0 Å². The van der Waals surface area contributed by atoms with E-state index in [1.807, 2.05) is 45.0 Å². The summed E-state index contributed by atoms with van der Waals surface area (Å²) in [6.45, 7) is 6.57. The third kappa shape index (κ3) is 5.40. The maximum atomic E-state index is 11.6. The van der Waals surface area contributed by atoms with Gasteiger partial charge in [0.05, 0.1) is 13.1 Å². The van der Waals surface area contributed by atoms with Crippen LogP contribution < -0.4 is 16.0 Å². The van der Waals surface area contributed by atoms with Crippen LogP contribution in [0.3, 0.4) is 0 Å². The average Bonchev–Trinajstić information content (AvgIpc) is 2.84. The highest BCUT2D eigenvalue weighted by Gasteiger charge is 2.10. The van der Waals surface area contributed by atoms with Gasteiger partial charge in [-0.05, 0) is 26.8 Å². The molecule has 0 unspecified atom stereocenters. The average molecular weight is 444 g/mol. The van der Waals surface area contributed by atoms with Crippen molar-refractivity contribution in [3.05, 3.63) is 35.6 Å². The van der Waals surface area contributed by atoms with Gasteiger partial charge in [0.15, 0.2) is 5.96 Å². The third-order valence-corrected chi connectivity index (χ3v) is 3.45. The molecule has 132 valence electrons. The molecule has 0 bridgehead atoms. The molecule has 0 aliphatic heterocycles. The van der Waals surface area contributed by atoms with E-state index in [9.17, 15) is 4.79 Å². The van der Waals surface area contributed by atoms with Gasteiger partial charge in [-0.25, -0.2) is 0 Å². The number of hydrogen-bond acceptors (Lipinski definition) is 3. The molecule has 0 fully saturated rings. The number of rotatable bonds is 5. The van der Waals surface area contributed by atoms with Crippen LogP contribution in [-0.2, 0) is 11.3 Å². The molecule has 7 heteroatoms. The molecule has 1 aromatic heterocycles. The number of nitrogens with zero attached hydrogens (tertiary/aromatic N) is 1. The SMILES string of the molecule is CN=C(NCC(=O)NC(C)C)NCc1oc2ccccc2c1C.I. The molecule has 0 radical (unpaired) electrons. The Morgan fingerprint density at radius 1 is 1.25 bits per heavy atom. The Bertz CT molecular complexity index is 710. The minimum absolute atomic E-state index is 0. The predicted octanol–water partition coefficient (Wildman–Crippen LogP) is 2.55. The zero-order chi connectivity index (χ0) is 16.8. The molecule has 1 heterocycles. The Labute approximate surface area is 159 Å². The van der Waals surface area contributed by atoms with Gasteiger partial charge in [-0.2, -0.15) is 0 Å². The van der Waals surface area contributed by atoms with E-state index in [-0.39, 0.29) is 42.5 Å². The first-order chi connectivity index (χ1) is 11.0. The van der Waals surface area contributed by atoms with Crippen LogP contribution >= 0.6 is 24.0 Å². The lowest BCUT2D eigenvalue weighted by Gasteiger charge is -2.12. The van der Waals surface area contributed by atoms with E-state index in [1.165, 1.54) is 0 Å². The first-order valence-corrected chi connectivity index (χ1v) is 7.72. The van der Waals surface area contributed by atoms with Crippen LogP contribution in [0.1, 0.15) is 25.2 Å². The number of aryl methyl sites for hydroxylation is 1. The zero-order valence-corrected chi connectivity index (χ0v) is 16.8. The van der Waals surface area contributed by atoms with Crippen molar-refractivity contribution in [2.75, 3.05) is 13.6 Å². The molecule has 0 aliphatic carbocycles. The second-order valence-corrected chi connectivity index (χ2v) is 5.65. The highest BCUT2D eigenvalue weighted by molar-refractivity contribution is 14.0. The normalized spacial score (nSPS) is 11.3. The number of fused-ring (bicyclic) bond motifs is 1. The highest BCUT2D eigenvalue weighted by Crippen LogP contribution is 2.24. The molecule has 2 aromatic rings. The summed E-state index contributed by atoms with van der Waals surface area (Å²) in [5, 5.41) is 10.1. The number of para-hydroxylation sites is 1. The lowest BCUT2D eigenvalue weighted by molar-refractivity contribution is -0.120. The van der Waals surface area contributed by atoms with Gasteiger partial charge in [0.2, 0.25) is 5.91 Å². The van der Waals surface area contributed by atoms with Crippen LogP contribution in [0.2, 0.25) is 0 Å². The fourth-order valence-electron chi connectivity index (χ4n) is 2.32. The largest absolute Gasteiger partial charge is 0.459 e. The first-order valence-electron chi connectivity index (χ1n) is 7.72. The number of aliphatic imine (C=N–C) groups is 1. The Morgan fingerprint density at radius 3 is 2.58 bits per heavy atom. The van der Waals surface area contributed by atoms with Crippen LogP contribution in [-0.4, -0.2) is 31.5 Å². The monoisotopic (exact) mass is 444 g/mol. The van der Waals surface area contributed by atoms with E-state index in [1.54, 1.807) is 7.05 Å². The van der Waals surface area contributed by atoms with E-state index < -0.39 is 0 Å². The van der Waals surface area contributed by atoms with Crippen molar-refractivity contribution in [3.63, 3.8) is 0 Å². The fourth-order valence-corrected chi connectivity index (χ4v) is 2.32. The molecule has 24 heavy (non-hydrogen) atoms. The van der Waals surface area contributed by atoms with E-state index in [2.05, 4.69) is 20.9 Å². The van der Waals surface area contributed by atoms with Crippen molar-refractivity contribution in [1.29, 1.82) is 0 Å². The van der Waals surface area contributed by atoms with Crippen LogP contribution in [0.5, 0.6) is 0 Å². The summed E-state index contributed by atoms with van der Waals surface area (Å²) in [5.41, 5.74) is 1.99. The van der Waals surface area contributed by atoms with Gasteiger partial charge in [-0.1, -0.05) is 18.2 Å². The molecular weight excluding hydrogens is 419 g/mol. The van der Waals surface area contributed by atoms with Crippen molar-refractivity contribution >= 4 is 46.8 Å². The number of hydrogen-bond donors (Lipinski definition) is 3. The molecule has 1 amide bonds. The minimum Gasteiger partial charge on any atom is -0.459 e. The van der Waals surface area contributed by atoms with Crippen LogP contribution in [0.15, 0.2) is 33.7 Å². The van der Waals surface area contributed by atoms with Gasteiger partial charge in [0.1, 0.15) is 11.3 Å². The lowest BCUT2D eigenvalue weighted by atomic mass is 10.1. The summed E-state index contributed by atoms with van der Waals surface area (Å²) in [7, 11) is 1.67. The van der Waals surface area contributed by atoms with Crippen molar-refractivity contribution in [2.45, 2.75) is 33.4 Å². The topological polar surface area (TPSA) is 78.7 Å². The third-order valence-electron chi connectivity index (χ3n) is 3.45. The number of guanidine groups is 1. The molecule has 2 rings (SSSR count). The summed E-state index contributed by atoms with van der Waals surface area (Å²) >= 11 is 0. The number of benzene rings is 1. The molecule has 1 aromatic carbocycles. The maximum Gasteiger partial charge on any atom is 0.239 e. The summed E-state index contributed by atoms with van der Waals surface area (Å²) in [6, 6.07) is 8.07. The van der Waals surface area contributed by atoms with Gasteiger partial charge >= 0.3 is 0 Å². The van der Waals surface area contributed by atoms with Crippen molar-refractivity contribution < 1.29 is 9.21 Å². The Morgan fingerprint density at radius 2 is 1.96 bits per heavy atom. The fraction of sp³-hybridized carbons (Fsp3) is 0.412. The number of halogens is 1. The van der Waals surface area contributed by atoms with Crippen LogP contribution in [0, 0.1) is 6.92 Å². The molecule has 0 aliphatic rings. The standard InChI is InChI=1S/C17H24N4O2.HI/c1-11(2)21-16(22)10-20-17(18-4)19-9-15-12(3)13-7-5-6-8-14(13)23-15;/h5-8,11H,9-10H2,1-4H3,(H,21,22)(H2,18,19,20);1H. The zero-order valence-electron chi connectivity index (χ0n) is 14.5. The lowest BCUT2D eigenvalue weighted by Crippen LogP contribution is -2.44. The van der Waals surface area contributed by atoms with Crippen LogP contribution in [0.4, 0.5) is 0 Å². The van der Waals surface area contributed by atoms with Gasteiger partial charge in [0.25, 0.3) is 0 Å². The summed E-state index contributed by atoms with van der Waals surface area (Å²) in [4.78, 5) is 15.8.